The van der Waals surface area contributed by atoms with Crippen molar-refractivity contribution in [1.82, 2.24) is 9.88 Å². The lowest BCUT2D eigenvalue weighted by Gasteiger charge is -2.15. The average Bonchev–Trinajstić information content (AvgIpc) is 2.65. The molecule has 1 aliphatic heterocycles. The fourth-order valence-electron chi connectivity index (χ4n) is 2.61. The number of ether oxygens (including phenoxy) is 1. The van der Waals surface area contributed by atoms with Crippen LogP contribution in [0.4, 0.5) is 0 Å². The molecule has 0 aliphatic carbocycles. The minimum absolute atomic E-state index is 0.910. The van der Waals surface area contributed by atoms with Crippen molar-refractivity contribution in [1.29, 1.82) is 0 Å². The number of methoxy groups -OCH3 is 1. The van der Waals surface area contributed by atoms with Crippen LogP contribution >= 0.6 is 0 Å². The van der Waals surface area contributed by atoms with E-state index in [-0.39, 0.29) is 0 Å². The molecule has 0 spiro atoms. The SMILES string of the molecule is COc1ccc2c(c1)CN(C)CC=C2c1ccncc1. The summed E-state index contributed by atoms with van der Waals surface area (Å²) in [4.78, 5) is 6.40. The zero-order valence-electron chi connectivity index (χ0n) is 11.8. The summed E-state index contributed by atoms with van der Waals surface area (Å²) >= 11 is 0. The Morgan fingerprint density at radius 3 is 2.70 bits per heavy atom. The molecule has 0 unspecified atom stereocenters. The van der Waals surface area contributed by atoms with Crippen molar-refractivity contribution < 1.29 is 4.74 Å². The summed E-state index contributed by atoms with van der Waals surface area (Å²) in [5.41, 5.74) is 5.06. The van der Waals surface area contributed by atoms with Crippen LogP contribution < -0.4 is 4.74 Å². The lowest BCUT2D eigenvalue weighted by molar-refractivity contribution is 0.363. The number of rotatable bonds is 2. The van der Waals surface area contributed by atoms with Crippen molar-refractivity contribution in [3.05, 3.63) is 65.5 Å². The number of hydrogen-bond donors (Lipinski definition) is 0. The van der Waals surface area contributed by atoms with Crippen molar-refractivity contribution in [3.63, 3.8) is 0 Å². The molecule has 2 heterocycles. The Balaban J connectivity index is 2.12. The summed E-state index contributed by atoms with van der Waals surface area (Å²) in [6.07, 6.45) is 5.97. The molecule has 0 bridgehead atoms. The van der Waals surface area contributed by atoms with Crippen molar-refractivity contribution >= 4 is 5.57 Å². The molecule has 20 heavy (non-hydrogen) atoms. The molecule has 0 saturated carbocycles. The van der Waals surface area contributed by atoms with E-state index in [2.05, 4.69) is 47.3 Å². The fraction of sp³-hybridized carbons (Fsp3) is 0.235. The molecule has 0 fully saturated rings. The maximum atomic E-state index is 5.35. The quantitative estimate of drug-likeness (QED) is 0.835. The van der Waals surface area contributed by atoms with E-state index in [1.807, 2.05) is 18.5 Å². The van der Waals surface area contributed by atoms with Gasteiger partial charge in [-0.3, -0.25) is 9.88 Å². The predicted molar refractivity (Wildman–Crippen MR) is 80.6 cm³/mol. The smallest absolute Gasteiger partial charge is 0.119 e. The van der Waals surface area contributed by atoms with Gasteiger partial charge in [0.2, 0.25) is 0 Å². The molecular weight excluding hydrogens is 248 g/mol. The third-order valence-electron chi connectivity index (χ3n) is 3.64. The van der Waals surface area contributed by atoms with Gasteiger partial charge in [0.25, 0.3) is 0 Å². The summed E-state index contributed by atoms with van der Waals surface area (Å²) in [7, 11) is 3.84. The zero-order valence-corrected chi connectivity index (χ0v) is 11.8. The minimum atomic E-state index is 0.910. The topological polar surface area (TPSA) is 25.4 Å². The molecule has 1 aliphatic rings. The van der Waals surface area contributed by atoms with Crippen LogP contribution in [0.1, 0.15) is 16.7 Å². The second kappa shape index (κ2) is 5.47. The largest absolute Gasteiger partial charge is 0.497 e. The fourth-order valence-corrected chi connectivity index (χ4v) is 2.61. The number of fused-ring (bicyclic) bond motifs is 1. The van der Waals surface area contributed by atoms with Crippen molar-refractivity contribution in [2.75, 3.05) is 20.7 Å². The highest BCUT2D eigenvalue weighted by atomic mass is 16.5. The summed E-state index contributed by atoms with van der Waals surface area (Å²) < 4.78 is 5.35. The molecule has 3 rings (SSSR count). The van der Waals surface area contributed by atoms with Crippen LogP contribution in [0, 0.1) is 0 Å². The van der Waals surface area contributed by atoms with Crippen LogP contribution in [0.3, 0.4) is 0 Å². The van der Waals surface area contributed by atoms with Crippen LogP contribution in [0.25, 0.3) is 5.57 Å². The van der Waals surface area contributed by atoms with Crippen molar-refractivity contribution in [2.45, 2.75) is 6.54 Å². The molecule has 0 atom stereocenters. The predicted octanol–water partition coefficient (Wildman–Crippen LogP) is 2.97. The lowest BCUT2D eigenvalue weighted by atomic mass is 9.94. The van der Waals surface area contributed by atoms with E-state index < -0.39 is 0 Å². The van der Waals surface area contributed by atoms with Gasteiger partial charge in [0.15, 0.2) is 0 Å². The Hall–Kier alpha value is -2.13. The zero-order chi connectivity index (χ0) is 13.9. The first kappa shape index (κ1) is 12.9. The van der Waals surface area contributed by atoms with Gasteiger partial charge in [-0.05, 0) is 53.6 Å². The Bertz CT molecular complexity index is 635. The second-order valence-electron chi connectivity index (χ2n) is 5.07. The highest BCUT2D eigenvalue weighted by Gasteiger charge is 2.16. The van der Waals surface area contributed by atoms with E-state index in [1.165, 1.54) is 22.3 Å². The molecule has 1 aromatic carbocycles. The maximum absolute atomic E-state index is 5.35. The molecule has 0 N–H and O–H groups in total. The van der Waals surface area contributed by atoms with Gasteiger partial charge in [-0.1, -0.05) is 12.1 Å². The molecule has 0 saturated heterocycles. The van der Waals surface area contributed by atoms with E-state index in [4.69, 9.17) is 4.74 Å². The third kappa shape index (κ3) is 2.45. The number of aromatic nitrogens is 1. The van der Waals surface area contributed by atoms with Crippen LogP contribution in [-0.4, -0.2) is 30.6 Å². The lowest BCUT2D eigenvalue weighted by Crippen LogP contribution is -2.16. The first-order valence-electron chi connectivity index (χ1n) is 6.74. The van der Waals surface area contributed by atoms with Gasteiger partial charge < -0.3 is 4.74 Å². The van der Waals surface area contributed by atoms with Crippen LogP contribution in [0.15, 0.2) is 48.8 Å². The monoisotopic (exact) mass is 266 g/mol. The van der Waals surface area contributed by atoms with Gasteiger partial charge in [0.1, 0.15) is 5.75 Å². The van der Waals surface area contributed by atoms with Gasteiger partial charge in [0, 0.05) is 25.5 Å². The van der Waals surface area contributed by atoms with E-state index in [1.54, 1.807) is 7.11 Å². The maximum Gasteiger partial charge on any atom is 0.119 e. The molecule has 0 amide bonds. The van der Waals surface area contributed by atoms with Gasteiger partial charge in [-0.25, -0.2) is 0 Å². The standard InChI is InChI=1S/C17H18N2O/c1-19-10-7-17(13-5-8-18-9-6-13)16-4-3-15(20-2)11-14(16)12-19/h3-9,11H,10,12H2,1-2H3. The van der Waals surface area contributed by atoms with Crippen LogP contribution in [0.2, 0.25) is 0 Å². The molecule has 3 heteroatoms. The van der Waals surface area contributed by atoms with Crippen LogP contribution in [0.5, 0.6) is 5.75 Å². The van der Waals surface area contributed by atoms with E-state index in [9.17, 15) is 0 Å². The van der Waals surface area contributed by atoms with Crippen molar-refractivity contribution in [3.8, 4) is 5.75 Å². The van der Waals surface area contributed by atoms with Gasteiger partial charge >= 0.3 is 0 Å². The molecule has 102 valence electrons. The molecule has 0 radical (unpaired) electrons. The Morgan fingerprint density at radius 1 is 1.15 bits per heavy atom. The summed E-state index contributed by atoms with van der Waals surface area (Å²) in [6.45, 7) is 1.87. The molecule has 3 nitrogen and oxygen atoms in total. The normalized spacial score (nSPS) is 15.2. The number of likely N-dealkylation sites (N-methyl/N-ethyl adjacent to an activating group) is 1. The van der Waals surface area contributed by atoms with Crippen LogP contribution in [-0.2, 0) is 6.54 Å². The molecule has 2 aromatic rings. The van der Waals surface area contributed by atoms with Crippen molar-refractivity contribution in [2.24, 2.45) is 0 Å². The van der Waals surface area contributed by atoms with E-state index >= 15 is 0 Å². The Labute approximate surface area is 119 Å². The van der Waals surface area contributed by atoms with Gasteiger partial charge in [-0.2, -0.15) is 0 Å². The summed E-state index contributed by atoms with van der Waals surface area (Å²) in [6, 6.07) is 10.4. The van der Waals surface area contributed by atoms with Gasteiger partial charge in [0.05, 0.1) is 7.11 Å². The first-order valence-corrected chi connectivity index (χ1v) is 6.74. The number of hydrogen-bond acceptors (Lipinski definition) is 3. The second-order valence-corrected chi connectivity index (χ2v) is 5.07. The highest BCUT2D eigenvalue weighted by Crippen LogP contribution is 2.31. The first-order chi connectivity index (χ1) is 9.78. The molecular formula is C17H18N2O. The summed E-state index contributed by atoms with van der Waals surface area (Å²) in [5.74, 6) is 0.910. The third-order valence-corrected chi connectivity index (χ3v) is 3.64. The average molecular weight is 266 g/mol. The number of nitrogens with zero attached hydrogens (tertiary/aromatic N) is 2. The Morgan fingerprint density at radius 2 is 1.95 bits per heavy atom. The van der Waals surface area contributed by atoms with E-state index in [0.29, 0.717) is 0 Å². The van der Waals surface area contributed by atoms with E-state index in [0.717, 1.165) is 18.8 Å². The highest BCUT2D eigenvalue weighted by molar-refractivity contribution is 5.82. The minimum Gasteiger partial charge on any atom is -0.497 e. The Kier molecular flexibility index (Phi) is 3.52. The molecule has 1 aromatic heterocycles. The number of benzene rings is 1. The van der Waals surface area contributed by atoms with Gasteiger partial charge in [-0.15, -0.1) is 0 Å². The number of pyridine rings is 1. The summed E-state index contributed by atoms with van der Waals surface area (Å²) in [5, 5.41) is 0.